The summed E-state index contributed by atoms with van der Waals surface area (Å²) < 4.78 is 30.6. The fourth-order valence-corrected chi connectivity index (χ4v) is 14.7. The molecule has 55 heavy (non-hydrogen) atoms. The van der Waals surface area contributed by atoms with Crippen LogP contribution in [0.25, 0.3) is 0 Å². The molecule has 5 aliphatic carbocycles. The summed E-state index contributed by atoms with van der Waals surface area (Å²) in [7, 11) is 0. The summed E-state index contributed by atoms with van der Waals surface area (Å²) in [6, 6.07) is 0. The van der Waals surface area contributed by atoms with E-state index in [9.17, 15) is 40.9 Å². The van der Waals surface area contributed by atoms with Crippen LogP contribution in [0.15, 0.2) is 11.6 Å². The van der Waals surface area contributed by atoms with Crippen LogP contribution in [0.2, 0.25) is 0 Å². The first-order chi connectivity index (χ1) is 25.9. The second kappa shape index (κ2) is 14.2. The first-order valence-corrected chi connectivity index (χ1v) is 21.1. The minimum absolute atomic E-state index is 0.0947. The van der Waals surface area contributed by atoms with E-state index >= 15 is 0 Å². The Kier molecular flexibility index (Phi) is 10.6. The minimum atomic E-state index is -1.47. The van der Waals surface area contributed by atoms with Gasteiger partial charge in [-0.1, -0.05) is 46.3 Å². The van der Waals surface area contributed by atoms with Crippen molar-refractivity contribution in [2.45, 2.75) is 179 Å². The van der Waals surface area contributed by atoms with Gasteiger partial charge in [0.15, 0.2) is 12.6 Å². The molecular formula is C42H68O13. The predicted molar refractivity (Wildman–Crippen MR) is 197 cm³/mol. The molecule has 2 spiro atoms. The molecule has 8 rings (SSSR count). The van der Waals surface area contributed by atoms with Gasteiger partial charge in [0.05, 0.1) is 38.1 Å². The van der Waals surface area contributed by atoms with Crippen molar-refractivity contribution in [2.24, 2.45) is 50.7 Å². The average molecular weight is 781 g/mol. The number of fused-ring (bicyclic) bond motifs is 4. The molecule has 0 radical (unpaired) electrons. The number of aliphatic hydroxyl groups excluding tert-OH is 8. The van der Waals surface area contributed by atoms with E-state index in [-0.39, 0.29) is 46.6 Å². The summed E-state index contributed by atoms with van der Waals surface area (Å²) in [5, 5.41) is 81.3. The molecule has 3 saturated heterocycles. The highest BCUT2D eigenvalue weighted by molar-refractivity contribution is 5.32. The van der Waals surface area contributed by atoms with Crippen molar-refractivity contribution in [3.8, 4) is 0 Å². The van der Waals surface area contributed by atoms with E-state index in [2.05, 4.69) is 40.7 Å². The molecule has 0 aromatic rings. The van der Waals surface area contributed by atoms with E-state index < -0.39 is 74.6 Å². The molecule has 314 valence electrons. The number of aliphatic hydroxyl groups is 8. The summed E-state index contributed by atoms with van der Waals surface area (Å²) in [5.41, 5.74) is 1.70. The second-order valence-corrected chi connectivity index (χ2v) is 20.3. The summed E-state index contributed by atoms with van der Waals surface area (Å²) >= 11 is 0. The van der Waals surface area contributed by atoms with Crippen LogP contribution in [-0.4, -0.2) is 140 Å². The molecule has 0 amide bonds. The molecule has 8 N–H and O–H groups in total. The van der Waals surface area contributed by atoms with Gasteiger partial charge in [-0.2, -0.15) is 0 Å². The van der Waals surface area contributed by atoms with Gasteiger partial charge in [0, 0.05) is 0 Å². The van der Waals surface area contributed by atoms with Crippen LogP contribution in [0.5, 0.6) is 0 Å². The molecule has 3 aliphatic heterocycles. The topological polar surface area (TPSA) is 208 Å². The van der Waals surface area contributed by atoms with E-state index in [0.29, 0.717) is 29.1 Å². The largest absolute Gasteiger partial charge is 0.394 e. The van der Waals surface area contributed by atoms with Gasteiger partial charge in [-0.3, -0.25) is 0 Å². The zero-order chi connectivity index (χ0) is 39.6. The minimum Gasteiger partial charge on any atom is -0.394 e. The summed E-state index contributed by atoms with van der Waals surface area (Å²) in [6.07, 6.45) is -0.782. The molecule has 0 aromatic carbocycles. The summed E-state index contributed by atoms with van der Waals surface area (Å²) in [4.78, 5) is 0. The third kappa shape index (κ3) is 5.87. The molecular weight excluding hydrogens is 712 g/mol. The van der Waals surface area contributed by atoms with Gasteiger partial charge in [0.25, 0.3) is 0 Å². The Hall–Kier alpha value is -0.780. The Balaban J connectivity index is 0.911. The maximum atomic E-state index is 10.8. The number of hydrogen-bond donors (Lipinski definition) is 8. The van der Waals surface area contributed by atoms with E-state index in [1.807, 2.05) is 6.92 Å². The molecule has 21 atom stereocenters. The Bertz CT molecular complexity index is 1460. The lowest BCUT2D eigenvalue weighted by Crippen LogP contribution is -2.62. The molecule has 3 heterocycles. The molecule has 13 heteroatoms. The van der Waals surface area contributed by atoms with Gasteiger partial charge in [0.2, 0.25) is 0 Å². The molecule has 0 bridgehead atoms. The van der Waals surface area contributed by atoms with Crippen molar-refractivity contribution < 1.29 is 64.5 Å². The Morgan fingerprint density at radius 1 is 0.691 bits per heavy atom. The van der Waals surface area contributed by atoms with Crippen molar-refractivity contribution >= 4 is 0 Å². The van der Waals surface area contributed by atoms with Crippen LogP contribution in [0.4, 0.5) is 0 Å². The van der Waals surface area contributed by atoms with Crippen molar-refractivity contribution in [3.05, 3.63) is 11.6 Å². The van der Waals surface area contributed by atoms with Gasteiger partial charge in [-0.15, -0.1) is 0 Å². The lowest BCUT2D eigenvalue weighted by Gasteiger charge is -2.63. The van der Waals surface area contributed by atoms with Gasteiger partial charge in [0.1, 0.15) is 48.8 Å². The normalized spacial score (nSPS) is 56.9. The van der Waals surface area contributed by atoms with Gasteiger partial charge < -0.3 is 64.5 Å². The molecule has 5 saturated carbocycles. The zero-order valence-corrected chi connectivity index (χ0v) is 33.5. The van der Waals surface area contributed by atoms with Crippen molar-refractivity contribution in [2.75, 3.05) is 19.8 Å². The van der Waals surface area contributed by atoms with Crippen molar-refractivity contribution in [1.29, 1.82) is 0 Å². The molecule has 0 aromatic heterocycles. The molecule has 13 nitrogen and oxygen atoms in total. The first kappa shape index (κ1) is 41.0. The van der Waals surface area contributed by atoms with Crippen LogP contribution in [0, 0.1) is 50.7 Å². The summed E-state index contributed by atoms with van der Waals surface area (Å²) in [6.45, 7) is 13.3. The van der Waals surface area contributed by atoms with Gasteiger partial charge >= 0.3 is 0 Å². The summed E-state index contributed by atoms with van der Waals surface area (Å²) in [5.74, 6) is 1.97. The fraction of sp³-hybridized carbons (Fsp3) is 0.952. The van der Waals surface area contributed by atoms with Crippen LogP contribution in [0.1, 0.15) is 99.3 Å². The SMILES string of the molecule is C/C(=C\C[C@H]1O[C@H]2C[C@@]3(C)[C@@H]4CCC5C(C)(C)[C@@H](O[C@@H]6O[C@H](CO)[C@@H](O)[C@H](O)[C@H]6O)CC[C@@]56C[C@@]46CC[C@]3(C)[C@H]2[C@@H]1C)CO[C@@H]1O[C@H](CO)[C@@H](O)[C@H](O)[C@H]1O. The van der Waals surface area contributed by atoms with Crippen LogP contribution < -0.4 is 0 Å². The predicted octanol–water partition coefficient (Wildman–Crippen LogP) is 1.78. The van der Waals surface area contributed by atoms with Gasteiger partial charge in [-0.05, 0) is 115 Å². The highest BCUT2D eigenvalue weighted by Gasteiger charge is 2.83. The van der Waals surface area contributed by atoms with E-state index in [1.165, 1.54) is 25.7 Å². The van der Waals surface area contributed by atoms with Crippen molar-refractivity contribution in [3.63, 3.8) is 0 Å². The monoisotopic (exact) mass is 780 g/mol. The molecule has 8 aliphatic rings. The molecule has 1 unspecified atom stereocenters. The Morgan fingerprint density at radius 3 is 1.95 bits per heavy atom. The third-order valence-corrected chi connectivity index (χ3v) is 17.8. The van der Waals surface area contributed by atoms with E-state index in [4.69, 9.17) is 23.7 Å². The maximum Gasteiger partial charge on any atom is 0.187 e. The Morgan fingerprint density at radius 2 is 1.29 bits per heavy atom. The second-order valence-electron chi connectivity index (χ2n) is 20.3. The van der Waals surface area contributed by atoms with Gasteiger partial charge in [-0.25, -0.2) is 0 Å². The lowest BCUT2D eigenvalue weighted by molar-refractivity contribution is -0.326. The highest BCUT2D eigenvalue weighted by atomic mass is 16.7. The fourth-order valence-electron chi connectivity index (χ4n) is 14.7. The van der Waals surface area contributed by atoms with Crippen LogP contribution in [0.3, 0.4) is 0 Å². The Labute approximate surface area is 325 Å². The van der Waals surface area contributed by atoms with E-state index in [0.717, 1.165) is 37.7 Å². The number of ether oxygens (including phenoxy) is 5. The first-order valence-electron chi connectivity index (χ1n) is 21.1. The average Bonchev–Trinajstić information content (AvgIpc) is 3.63. The third-order valence-electron chi connectivity index (χ3n) is 17.8. The maximum absolute atomic E-state index is 10.8. The molecule has 8 fully saturated rings. The standard InChI is InChI=1S/C42H68O13/c1-20(18-51-36-34(49)32(47)30(45)24(16-43)53-36)7-8-22-21(2)29-23(52-22)15-40(6)27-10-9-26-38(3,4)28(55-37-35(50)33(48)31(46)25(17-44)54-37)11-12-41(26)19-42(27,41)14-13-39(29,40)5/h7,21-37,43-50H,8-19H2,1-6H3/b20-7+/t21-,22-,23+,24-,25-,26?,27+,28+,29+,30-,31-,32+,33+,34-,35-,36-,37+,39-,40+,41-,42+/m1/s1. The highest BCUT2D eigenvalue weighted by Crippen LogP contribution is 2.89. The lowest BCUT2D eigenvalue weighted by atomic mass is 9.41. The van der Waals surface area contributed by atoms with Crippen molar-refractivity contribution in [1.82, 2.24) is 0 Å². The van der Waals surface area contributed by atoms with Crippen LogP contribution >= 0.6 is 0 Å². The van der Waals surface area contributed by atoms with E-state index in [1.54, 1.807) is 0 Å². The zero-order valence-electron chi connectivity index (χ0n) is 33.5. The number of rotatable bonds is 9. The van der Waals surface area contributed by atoms with Crippen LogP contribution in [-0.2, 0) is 23.7 Å². The smallest absolute Gasteiger partial charge is 0.187 e. The quantitative estimate of drug-likeness (QED) is 0.124. The number of hydrogen-bond acceptors (Lipinski definition) is 13.